The van der Waals surface area contributed by atoms with Crippen LogP contribution in [0.25, 0.3) is 10.9 Å². The predicted octanol–water partition coefficient (Wildman–Crippen LogP) is 7.02. The van der Waals surface area contributed by atoms with E-state index < -0.39 is 50.6 Å². The molecule has 0 radical (unpaired) electrons. The van der Waals surface area contributed by atoms with E-state index in [0.29, 0.717) is 55.0 Å². The maximum absolute atomic E-state index is 15.1. The van der Waals surface area contributed by atoms with Crippen LogP contribution in [0.15, 0.2) is 23.6 Å². The van der Waals surface area contributed by atoms with Crippen LogP contribution in [0.2, 0.25) is 0 Å². The Labute approximate surface area is 368 Å². The maximum Gasteiger partial charge on any atom is 0.306 e. The molecule has 1 aromatic carbocycles. The zero-order valence-corrected chi connectivity index (χ0v) is 38.2. The van der Waals surface area contributed by atoms with E-state index in [4.69, 9.17) is 23.9 Å². The number of methoxy groups -OCH3 is 1. The van der Waals surface area contributed by atoms with E-state index in [-0.39, 0.29) is 68.0 Å². The van der Waals surface area contributed by atoms with E-state index in [1.807, 2.05) is 31.4 Å². The highest BCUT2D eigenvalue weighted by Gasteiger charge is 2.62. The molecule has 2 amide bonds. The molecule has 0 spiro atoms. The second-order valence-corrected chi connectivity index (χ2v) is 22.1. The van der Waals surface area contributed by atoms with Crippen LogP contribution in [0.4, 0.5) is 0 Å². The normalized spacial score (nSPS) is 27.0. The van der Waals surface area contributed by atoms with Crippen molar-refractivity contribution in [3.8, 4) is 17.4 Å². The number of aromatic nitrogens is 2. The Morgan fingerprint density at radius 1 is 1.06 bits per heavy atom. The third kappa shape index (κ3) is 9.60. The lowest BCUT2D eigenvalue weighted by molar-refractivity contribution is -0.153. The van der Waals surface area contributed by atoms with Gasteiger partial charge in [-0.25, -0.2) is 18.4 Å². The molecule has 5 atom stereocenters. The first-order valence-electron chi connectivity index (χ1n) is 22.3. The highest BCUT2D eigenvalue weighted by atomic mass is 32.2. The van der Waals surface area contributed by atoms with Crippen molar-refractivity contribution in [2.45, 2.75) is 142 Å². The molecule has 16 heteroatoms. The van der Waals surface area contributed by atoms with Gasteiger partial charge >= 0.3 is 5.97 Å². The van der Waals surface area contributed by atoms with Crippen LogP contribution in [0.1, 0.15) is 121 Å². The van der Waals surface area contributed by atoms with Gasteiger partial charge in [0.1, 0.15) is 24.2 Å². The number of esters is 1. The van der Waals surface area contributed by atoms with Gasteiger partial charge in [0.25, 0.3) is 0 Å². The maximum atomic E-state index is 15.1. The van der Waals surface area contributed by atoms with Gasteiger partial charge in [-0.1, -0.05) is 40.0 Å². The number of hydrogen-bond acceptors (Lipinski definition) is 13. The van der Waals surface area contributed by atoms with Gasteiger partial charge in [-0.15, -0.1) is 11.3 Å². The summed E-state index contributed by atoms with van der Waals surface area (Å²) in [5, 5.41) is 2.99. The zero-order chi connectivity index (χ0) is 44.0. The molecule has 8 rings (SSSR count). The number of rotatable bonds is 12. The molecule has 2 aliphatic heterocycles. The minimum Gasteiger partial charge on any atom is -0.496 e. The fourth-order valence-electron chi connectivity index (χ4n) is 10.0. The van der Waals surface area contributed by atoms with Crippen LogP contribution in [-0.4, -0.2) is 84.5 Å². The van der Waals surface area contributed by atoms with Gasteiger partial charge < -0.3 is 23.8 Å². The Balaban J connectivity index is 1.16. The third-order valence-electron chi connectivity index (χ3n) is 13.9. The quantitative estimate of drug-likeness (QED) is 0.184. The minimum atomic E-state index is -3.84. The van der Waals surface area contributed by atoms with Crippen LogP contribution in [-0.2, 0) is 47.0 Å². The summed E-state index contributed by atoms with van der Waals surface area (Å²) in [5.41, 5.74) is 0.779. The number of pyridine rings is 1. The average molecular weight is 893 g/mol. The van der Waals surface area contributed by atoms with Crippen LogP contribution < -0.4 is 18.9 Å². The van der Waals surface area contributed by atoms with Gasteiger partial charge in [-0.3, -0.25) is 23.9 Å². The van der Waals surface area contributed by atoms with Gasteiger partial charge in [-0.2, -0.15) is 0 Å². The molecule has 62 heavy (non-hydrogen) atoms. The summed E-state index contributed by atoms with van der Waals surface area (Å²) in [4.78, 5) is 68.3. The number of thiazole rings is 1. The second kappa shape index (κ2) is 17.7. The van der Waals surface area contributed by atoms with Crippen molar-refractivity contribution in [1.82, 2.24) is 19.6 Å². The number of aryl methyl sites for hydroxylation is 2. The Morgan fingerprint density at radius 3 is 2.52 bits per heavy atom. The number of ether oxygens (including phenoxy) is 4. The van der Waals surface area contributed by atoms with E-state index in [2.05, 4.69) is 23.6 Å². The first-order valence-corrected chi connectivity index (χ1v) is 24.8. The highest BCUT2D eigenvalue weighted by Crippen LogP contribution is 2.58. The monoisotopic (exact) mass is 892 g/mol. The number of carbonyl (C=O) groups excluding carboxylic acids is 4. The van der Waals surface area contributed by atoms with Crippen molar-refractivity contribution in [2.24, 2.45) is 28.6 Å². The average Bonchev–Trinajstić information content (AvgIpc) is 4.03. The van der Waals surface area contributed by atoms with Crippen molar-refractivity contribution in [3.05, 3.63) is 39.8 Å². The molecule has 4 fully saturated rings. The lowest BCUT2D eigenvalue weighted by Gasteiger charge is -2.31. The number of hydrogen-bond donors (Lipinski definition) is 1. The lowest BCUT2D eigenvalue weighted by atomic mass is 9.85. The summed E-state index contributed by atoms with van der Waals surface area (Å²) >= 11 is 1.53. The number of carbonyl (C=O) groups is 4. The Morgan fingerprint density at radius 2 is 1.84 bits per heavy atom. The number of cyclic esters (lactones) is 1. The van der Waals surface area contributed by atoms with Gasteiger partial charge in [-0.05, 0) is 87.2 Å². The first kappa shape index (κ1) is 44.3. The third-order valence-corrected chi connectivity index (χ3v) is 16.5. The molecule has 3 saturated carbocycles. The van der Waals surface area contributed by atoms with Crippen molar-refractivity contribution >= 4 is 55.8 Å². The summed E-state index contributed by atoms with van der Waals surface area (Å²) in [7, 11) is -2.22. The molecule has 4 bridgehead atoms. The fourth-order valence-corrected chi connectivity index (χ4v) is 12.0. The summed E-state index contributed by atoms with van der Waals surface area (Å²) in [5.74, 6) is -1.19. The SMILES string of the molecule is CC[C@@H]1C[C@]1(CC(=O)[C@@H]1C[C@@H]2CN1C(=O)[C@H](C1CCCC1)CC(=O)OCC(C)(C)CCCc1cc3c(cc(OCc4csc(C)n4)nc3cc1OC)O2)C(=O)NS(=O)(=O)C1CC1. The predicted molar refractivity (Wildman–Crippen MR) is 232 cm³/mol. The summed E-state index contributed by atoms with van der Waals surface area (Å²) in [6.45, 7) is 8.45. The number of Topliss-reactive ketones (excluding diaryl/α,β-unsaturated/α-hetero) is 1. The van der Waals surface area contributed by atoms with E-state index in [9.17, 15) is 22.8 Å². The molecule has 2 aromatic heterocycles. The second-order valence-electron chi connectivity index (χ2n) is 19.1. The summed E-state index contributed by atoms with van der Waals surface area (Å²) < 4.78 is 53.1. The smallest absolute Gasteiger partial charge is 0.306 e. The number of ketones is 1. The van der Waals surface area contributed by atoms with Gasteiger partial charge in [0, 0.05) is 35.7 Å². The fraction of sp³-hybridized carbons (Fsp3) is 0.652. The van der Waals surface area contributed by atoms with E-state index in [1.165, 1.54) is 11.3 Å². The molecule has 5 aliphatic rings. The summed E-state index contributed by atoms with van der Waals surface area (Å²) in [6.07, 6.45) is 6.85. The van der Waals surface area contributed by atoms with E-state index in [1.54, 1.807) is 18.1 Å². The van der Waals surface area contributed by atoms with Crippen molar-refractivity contribution < 1.29 is 46.5 Å². The topological polar surface area (TPSA) is 180 Å². The first-order chi connectivity index (χ1) is 29.6. The molecule has 14 nitrogen and oxygen atoms in total. The lowest BCUT2D eigenvalue weighted by Crippen LogP contribution is -2.47. The van der Waals surface area contributed by atoms with Crippen molar-refractivity contribution in [1.29, 1.82) is 0 Å². The molecular weight excluding hydrogens is 833 g/mol. The van der Waals surface area contributed by atoms with Gasteiger partial charge in [0.15, 0.2) is 5.78 Å². The molecule has 1 saturated heterocycles. The number of amides is 2. The zero-order valence-electron chi connectivity index (χ0n) is 36.5. The van der Waals surface area contributed by atoms with Crippen LogP contribution in [0.3, 0.4) is 0 Å². The molecule has 336 valence electrons. The highest BCUT2D eigenvalue weighted by molar-refractivity contribution is 7.90. The number of benzene rings is 1. The van der Waals surface area contributed by atoms with E-state index in [0.717, 1.165) is 60.2 Å². The molecule has 3 aliphatic carbocycles. The van der Waals surface area contributed by atoms with E-state index >= 15 is 4.79 Å². The van der Waals surface area contributed by atoms with Crippen LogP contribution in [0.5, 0.6) is 17.4 Å². The minimum absolute atomic E-state index is 0.0548. The Kier molecular flexibility index (Phi) is 12.6. The summed E-state index contributed by atoms with van der Waals surface area (Å²) in [6, 6.07) is 4.67. The van der Waals surface area contributed by atoms with Gasteiger partial charge in [0.05, 0.1) is 65.5 Å². The molecular formula is C46H60N4O10S2. The molecule has 1 N–H and O–H groups in total. The number of nitrogens with one attached hydrogen (secondary N) is 1. The number of fused-ring (bicyclic) bond motifs is 3. The molecule has 3 aromatic rings. The molecule has 0 unspecified atom stereocenters. The molecule has 4 heterocycles. The standard InChI is InChI=1S/C46H60N4O10S2/c1-6-30-21-46(30,44(54)49-62(55,56)33-13-14-33)22-38(51)37-17-32-23-50(37)43(53)34(28-10-7-8-11-28)18-42(52)59-26-45(3,4)15-9-12-29-16-35-36(19-39(29)57-5)48-41(20-40(35)60-32)58-24-31-25-61-27(2)47-31/h16,19-20,25,28,30,32-34,37H,6-15,17-18,21-24,26H2,1-5H3,(H,49,54)/t30-,32-,34+,37+,46-/m1/s1. The largest absolute Gasteiger partial charge is 0.496 e. The van der Waals surface area contributed by atoms with Crippen LogP contribution in [0, 0.1) is 35.5 Å². The van der Waals surface area contributed by atoms with Gasteiger partial charge in [0.2, 0.25) is 27.7 Å². The van der Waals surface area contributed by atoms with Crippen molar-refractivity contribution in [2.75, 3.05) is 20.3 Å². The van der Waals surface area contributed by atoms with Crippen LogP contribution >= 0.6 is 11.3 Å². The Hall–Kier alpha value is -4.31. The van der Waals surface area contributed by atoms with Crippen molar-refractivity contribution in [3.63, 3.8) is 0 Å². The number of nitrogens with zero attached hydrogens (tertiary/aromatic N) is 3. The Bertz CT molecular complexity index is 2320. The number of sulfonamides is 1.